The van der Waals surface area contributed by atoms with Crippen LogP contribution in [0.2, 0.25) is 0 Å². The highest BCUT2D eigenvalue weighted by Gasteiger charge is 2.25. The number of hydrogen-bond acceptors (Lipinski definition) is 7. The Hall–Kier alpha value is -3.92. The van der Waals surface area contributed by atoms with Crippen LogP contribution in [0.15, 0.2) is 30.5 Å². The van der Waals surface area contributed by atoms with Crippen molar-refractivity contribution < 1.29 is 14.3 Å². The molecule has 0 radical (unpaired) electrons. The predicted octanol–water partition coefficient (Wildman–Crippen LogP) is 3.46. The first-order chi connectivity index (χ1) is 17.4. The number of aliphatic hydroxyl groups is 1. The van der Waals surface area contributed by atoms with E-state index in [2.05, 4.69) is 31.8 Å². The topological polar surface area (TPSA) is 109 Å². The van der Waals surface area contributed by atoms with Gasteiger partial charge in [-0.2, -0.15) is 0 Å². The van der Waals surface area contributed by atoms with Gasteiger partial charge in [-0.25, -0.2) is 24.3 Å². The summed E-state index contributed by atoms with van der Waals surface area (Å²) in [6, 6.07) is 7.92. The van der Waals surface area contributed by atoms with Gasteiger partial charge in [-0.3, -0.25) is 4.79 Å². The second-order valence-electron chi connectivity index (χ2n) is 9.49. The molecule has 36 heavy (non-hydrogen) atoms. The van der Waals surface area contributed by atoms with E-state index in [1.165, 1.54) is 6.20 Å². The average molecular weight is 488 g/mol. The van der Waals surface area contributed by atoms with Crippen LogP contribution < -0.4 is 5.32 Å². The highest BCUT2D eigenvalue weighted by molar-refractivity contribution is 5.85. The van der Waals surface area contributed by atoms with E-state index in [4.69, 9.17) is 10.1 Å². The zero-order valence-electron chi connectivity index (χ0n) is 20.1. The molecule has 1 aromatic carbocycles. The molecule has 0 aliphatic carbocycles. The van der Waals surface area contributed by atoms with Crippen molar-refractivity contribution in [3.05, 3.63) is 58.9 Å². The highest BCUT2D eigenvalue weighted by Crippen LogP contribution is 2.35. The minimum Gasteiger partial charge on any atom is -0.387 e. The molecule has 2 aliphatic heterocycles. The van der Waals surface area contributed by atoms with Gasteiger partial charge < -0.3 is 19.9 Å². The maximum Gasteiger partial charge on any atom is 0.248 e. The van der Waals surface area contributed by atoms with E-state index in [1.54, 1.807) is 11.0 Å². The fraction of sp³-hybridized carbons (Fsp3) is 0.346. The van der Waals surface area contributed by atoms with Gasteiger partial charge in [0, 0.05) is 43.2 Å². The molecule has 9 nitrogen and oxygen atoms in total. The fourth-order valence-corrected chi connectivity index (χ4v) is 5.23. The number of anilines is 2. The van der Waals surface area contributed by atoms with Crippen molar-refractivity contribution >= 4 is 28.7 Å². The number of imidazole rings is 1. The summed E-state index contributed by atoms with van der Waals surface area (Å²) in [4.78, 5) is 31.5. The lowest BCUT2D eigenvalue weighted by Gasteiger charge is -2.28. The van der Waals surface area contributed by atoms with Crippen LogP contribution in [-0.4, -0.2) is 53.6 Å². The lowest BCUT2D eigenvalue weighted by atomic mass is 10.1. The number of aryl methyl sites for hydroxylation is 2. The molecular formula is C26H26FN7O2. The zero-order valence-corrected chi connectivity index (χ0v) is 20.1. The van der Waals surface area contributed by atoms with Crippen LogP contribution in [0.5, 0.6) is 0 Å². The standard InChI is InChI=1S/C26H26FN7O2/c1-14-9-17(10-20-24(14)31-22-6-3-15(2)34(20)22)25-18(27)11-28-26(32-25)30-21-5-4-16-12-33(23(36)13-35)8-7-19(16)29-21/h4-5,9-11,15,35H,3,6-8,12-13H2,1-2H3,(H,28,29,30,32). The molecule has 0 bridgehead atoms. The van der Waals surface area contributed by atoms with Gasteiger partial charge in [-0.15, -0.1) is 0 Å². The molecule has 6 rings (SSSR count). The molecule has 4 aromatic rings. The van der Waals surface area contributed by atoms with Crippen LogP contribution in [0.1, 0.15) is 42.0 Å². The molecular weight excluding hydrogens is 461 g/mol. The molecule has 0 spiro atoms. The summed E-state index contributed by atoms with van der Waals surface area (Å²) in [5.41, 5.74) is 5.63. The number of nitrogens with one attached hydrogen (secondary N) is 1. The van der Waals surface area contributed by atoms with Gasteiger partial charge in [-0.1, -0.05) is 6.07 Å². The summed E-state index contributed by atoms with van der Waals surface area (Å²) in [7, 11) is 0. The Kier molecular flexibility index (Phi) is 5.40. The summed E-state index contributed by atoms with van der Waals surface area (Å²) in [5, 5.41) is 12.2. The van der Waals surface area contributed by atoms with Gasteiger partial charge in [0.15, 0.2) is 5.82 Å². The van der Waals surface area contributed by atoms with Crippen LogP contribution in [-0.2, 0) is 24.2 Å². The van der Waals surface area contributed by atoms with E-state index in [1.807, 2.05) is 25.1 Å². The second kappa shape index (κ2) is 8.63. The van der Waals surface area contributed by atoms with Crippen molar-refractivity contribution in [3.8, 4) is 11.3 Å². The normalized spacial score (nSPS) is 16.8. The van der Waals surface area contributed by atoms with Gasteiger partial charge in [0.1, 0.15) is 23.9 Å². The number of carbonyl (C=O) groups is 1. The fourth-order valence-electron chi connectivity index (χ4n) is 5.23. The Morgan fingerprint density at radius 1 is 1.22 bits per heavy atom. The van der Waals surface area contributed by atoms with E-state index in [-0.39, 0.29) is 17.5 Å². The molecule has 2 N–H and O–H groups in total. The number of nitrogens with zero attached hydrogens (tertiary/aromatic N) is 6. The van der Waals surface area contributed by atoms with Gasteiger partial charge in [0.25, 0.3) is 0 Å². The van der Waals surface area contributed by atoms with E-state index in [0.29, 0.717) is 36.9 Å². The van der Waals surface area contributed by atoms with Crippen LogP contribution in [0, 0.1) is 12.7 Å². The molecule has 0 saturated heterocycles. The summed E-state index contributed by atoms with van der Waals surface area (Å²) < 4.78 is 17.2. The third-order valence-corrected chi connectivity index (χ3v) is 7.08. The third kappa shape index (κ3) is 3.78. The first kappa shape index (κ1) is 22.5. The zero-order chi connectivity index (χ0) is 25.0. The van der Waals surface area contributed by atoms with Gasteiger partial charge >= 0.3 is 0 Å². The van der Waals surface area contributed by atoms with Gasteiger partial charge in [0.05, 0.1) is 17.2 Å². The van der Waals surface area contributed by atoms with Crippen molar-refractivity contribution in [3.63, 3.8) is 0 Å². The number of aliphatic hydroxyl groups excluding tert-OH is 1. The highest BCUT2D eigenvalue weighted by atomic mass is 19.1. The Bertz CT molecular complexity index is 1520. The van der Waals surface area contributed by atoms with Crippen LogP contribution in [0.3, 0.4) is 0 Å². The molecule has 1 unspecified atom stereocenters. The minimum atomic E-state index is -0.499. The van der Waals surface area contributed by atoms with Crippen molar-refractivity contribution in [2.24, 2.45) is 0 Å². The number of pyridine rings is 1. The molecule has 5 heterocycles. The Labute approximate surface area is 207 Å². The predicted molar refractivity (Wildman–Crippen MR) is 132 cm³/mol. The number of carbonyl (C=O) groups excluding carboxylic acids is 1. The van der Waals surface area contributed by atoms with Crippen molar-refractivity contribution in [1.82, 2.24) is 29.4 Å². The largest absolute Gasteiger partial charge is 0.387 e. The van der Waals surface area contributed by atoms with Crippen molar-refractivity contribution in [2.45, 2.75) is 45.7 Å². The third-order valence-electron chi connectivity index (χ3n) is 7.08. The lowest BCUT2D eigenvalue weighted by molar-refractivity contribution is -0.135. The average Bonchev–Trinajstić information content (AvgIpc) is 3.44. The number of amides is 1. The number of aromatic nitrogens is 5. The Balaban J connectivity index is 1.30. The van der Waals surface area contributed by atoms with Crippen LogP contribution >= 0.6 is 0 Å². The van der Waals surface area contributed by atoms with E-state index in [9.17, 15) is 9.18 Å². The summed E-state index contributed by atoms with van der Waals surface area (Å²) in [6.45, 7) is 4.59. The molecule has 0 fully saturated rings. The summed E-state index contributed by atoms with van der Waals surface area (Å²) >= 11 is 0. The van der Waals surface area contributed by atoms with Gasteiger partial charge in [0.2, 0.25) is 11.9 Å². The van der Waals surface area contributed by atoms with E-state index in [0.717, 1.165) is 46.5 Å². The van der Waals surface area contributed by atoms with Crippen LogP contribution in [0.25, 0.3) is 22.3 Å². The number of fused-ring (bicyclic) bond motifs is 4. The van der Waals surface area contributed by atoms with Crippen molar-refractivity contribution in [2.75, 3.05) is 18.5 Å². The summed E-state index contributed by atoms with van der Waals surface area (Å²) in [5.74, 6) is 1.07. The Morgan fingerprint density at radius 2 is 2.08 bits per heavy atom. The van der Waals surface area contributed by atoms with E-state index < -0.39 is 12.4 Å². The molecule has 1 atom stereocenters. The van der Waals surface area contributed by atoms with E-state index >= 15 is 0 Å². The van der Waals surface area contributed by atoms with Gasteiger partial charge in [-0.05, 0) is 49.6 Å². The quantitative estimate of drug-likeness (QED) is 0.454. The second-order valence-corrected chi connectivity index (χ2v) is 9.49. The molecule has 1 amide bonds. The maximum atomic E-state index is 14.9. The molecule has 10 heteroatoms. The SMILES string of the molecule is Cc1cc(-c2nc(Nc3ccc4c(n3)CCN(C(=O)CO)C4)ncc2F)cc2c1nc1n2C(C)CC1. The minimum absolute atomic E-state index is 0.217. The maximum absolute atomic E-state index is 14.9. The first-order valence-corrected chi connectivity index (χ1v) is 12.1. The molecule has 3 aromatic heterocycles. The number of benzene rings is 1. The van der Waals surface area contributed by atoms with Crippen molar-refractivity contribution in [1.29, 1.82) is 0 Å². The lowest BCUT2D eigenvalue weighted by Crippen LogP contribution is -2.37. The van der Waals surface area contributed by atoms with Crippen LogP contribution in [0.4, 0.5) is 16.2 Å². The molecule has 2 aliphatic rings. The smallest absolute Gasteiger partial charge is 0.248 e. The molecule has 184 valence electrons. The summed E-state index contributed by atoms with van der Waals surface area (Å²) in [6.07, 6.45) is 3.76. The Morgan fingerprint density at radius 3 is 2.92 bits per heavy atom. The number of hydrogen-bond donors (Lipinski definition) is 2. The number of rotatable bonds is 4. The first-order valence-electron chi connectivity index (χ1n) is 12.1. The number of halogens is 1. The monoisotopic (exact) mass is 487 g/mol. The molecule has 0 saturated carbocycles.